The summed E-state index contributed by atoms with van der Waals surface area (Å²) in [6, 6.07) is 2.07. The van der Waals surface area contributed by atoms with E-state index in [0.717, 1.165) is 35.3 Å². The summed E-state index contributed by atoms with van der Waals surface area (Å²) in [5, 5.41) is 11.8. The summed E-state index contributed by atoms with van der Waals surface area (Å²) in [6.45, 7) is 3.98. The van der Waals surface area contributed by atoms with Crippen molar-refractivity contribution in [2.75, 3.05) is 0 Å². The Morgan fingerprint density at radius 1 is 1.52 bits per heavy atom. The Balaban J connectivity index is 2.01. The Morgan fingerprint density at radius 2 is 2.24 bits per heavy atom. The van der Waals surface area contributed by atoms with Gasteiger partial charge in [-0.3, -0.25) is 4.79 Å². The average molecular weight is 307 g/mol. The smallest absolute Gasteiger partial charge is 0.328 e. The van der Waals surface area contributed by atoms with Crippen LogP contribution in [-0.2, 0) is 4.79 Å². The first-order chi connectivity index (χ1) is 9.99. The van der Waals surface area contributed by atoms with Gasteiger partial charge in [0.2, 0.25) is 0 Å². The maximum Gasteiger partial charge on any atom is 0.328 e. The molecule has 21 heavy (non-hydrogen) atoms. The number of carbonyl (C=O) groups excluding carboxylic acids is 1. The highest BCUT2D eigenvalue weighted by Gasteiger charge is 2.26. The lowest BCUT2D eigenvalue weighted by Gasteiger charge is -2.15. The number of aliphatic carboxylic acids is 1. The predicted molar refractivity (Wildman–Crippen MR) is 84.6 cm³/mol. The molecule has 1 aromatic rings. The number of carbonyl (C=O) groups is 2. The van der Waals surface area contributed by atoms with Gasteiger partial charge in [0.15, 0.2) is 0 Å². The molecule has 0 radical (unpaired) electrons. The normalized spacial score (nSPS) is 16.1. The van der Waals surface area contributed by atoms with Gasteiger partial charge in [0.1, 0.15) is 0 Å². The van der Waals surface area contributed by atoms with E-state index in [1.807, 2.05) is 13.0 Å². The van der Waals surface area contributed by atoms with E-state index in [9.17, 15) is 9.59 Å². The zero-order chi connectivity index (χ0) is 15.4. The standard InChI is InChI=1S/C16H21NO3S/c1-3-12(9-11-4-5-11)17-16(20)14-8-10(2)13(21-14)6-7-15(18)19/h6-8,11-12H,3-5,9H2,1-2H3,(H,17,20)(H,18,19)/b7-6+. The van der Waals surface area contributed by atoms with Gasteiger partial charge in [0.25, 0.3) is 5.91 Å². The van der Waals surface area contributed by atoms with E-state index in [1.165, 1.54) is 24.2 Å². The van der Waals surface area contributed by atoms with E-state index in [1.54, 1.807) is 6.08 Å². The second kappa shape index (κ2) is 6.89. The van der Waals surface area contributed by atoms with Crippen LogP contribution in [0.3, 0.4) is 0 Å². The van der Waals surface area contributed by atoms with Crippen LogP contribution in [0, 0.1) is 12.8 Å². The minimum absolute atomic E-state index is 0.0504. The molecule has 1 aliphatic carbocycles. The van der Waals surface area contributed by atoms with Crippen LogP contribution in [0.1, 0.15) is 52.7 Å². The van der Waals surface area contributed by atoms with Gasteiger partial charge in [0, 0.05) is 17.0 Å². The Kier molecular flexibility index (Phi) is 5.17. The third kappa shape index (κ3) is 4.70. The van der Waals surface area contributed by atoms with E-state index in [2.05, 4.69) is 12.2 Å². The maximum atomic E-state index is 12.3. The van der Waals surface area contributed by atoms with Crippen molar-refractivity contribution >= 4 is 29.3 Å². The second-order valence-electron chi connectivity index (χ2n) is 5.59. The van der Waals surface area contributed by atoms with Crippen molar-refractivity contribution in [3.8, 4) is 0 Å². The first-order valence-electron chi connectivity index (χ1n) is 7.32. The summed E-state index contributed by atoms with van der Waals surface area (Å²) in [7, 11) is 0. The number of thiophene rings is 1. The zero-order valence-corrected chi connectivity index (χ0v) is 13.2. The van der Waals surface area contributed by atoms with Crippen LogP contribution >= 0.6 is 11.3 Å². The molecule has 1 saturated carbocycles. The number of carboxylic acid groups (broad SMARTS) is 1. The van der Waals surface area contributed by atoms with Crippen molar-refractivity contribution in [2.24, 2.45) is 5.92 Å². The number of amides is 1. The van der Waals surface area contributed by atoms with Crippen molar-refractivity contribution < 1.29 is 14.7 Å². The minimum atomic E-state index is -0.982. The molecule has 1 aromatic heterocycles. The fourth-order valence-electron chi connectivity index (χ4n) is 2.26. The number of aryl methyl sites for hydroxylation is 1. The van der Waals surface area contributed by atoms with Crippen molar-refractivity contribution in [2.45, 2.75) is 45.6 Å². The molecule has 0 spiro atoms. The van der Waals surface area contributed by atoms with Crippen LogP contribution in [-0.4, -0.2) is 23.0 Å². The first kappa shape index (κ1) is 15.8. The van der Waals surface area contributed by atoms with Crippen molar-refractivity contribution in [1.29, 1.82) is 0 Å². The maximum absolute atomic E-state index is 12.3. The molecule has 5 heteroatoms. The average Bonchev–Trinajstić information content (AvgIpc) is 3.17. The van der Waals surface area contributed by atoms with Gasteiger partial charge < -0.3 is 10.4 Å². The number of hydrogen-bond acceptors (Lipinski definition) is 3. The highest BCUT2D eigenvalue weighted by atomic mass is 32.1. The minimum Gasteiger partial charge on any atom is -0.478 e. The SMILES string of the molecule is CCC(CC1CC1)NC(=O)c1cc(C)c(/C=C/C(=O)O)s1. The van der Waals surface area contributed by atoms with Crippen LogP contribution in [0.4, 0.5) is 0 Å². The van der Waals surface area contributed by atoms with E-state index < -0.39 is 5.97 Å². The summed E-state index contributed by atoms with van der Waals surface area (Å²) in [4.78, 5) is 24.3. The second-order valence-corrected chi connectivity index (χ2v) is 6.67. The van der Waals surface area contributed by atoms with Gasteiger partial charge in [-0.1, -0.05) is 19.8 Å². The summed E-state index contributed by atoms with van der Waals surface area (Å²) in [5.41, 5.74) is 0.929. The molecule has 0 bridgehead atoms. The Hall–Kier alpha value is -1.62. The molecule has 1 amide bonds. The summed E-state index contributed by atoms with van der Waals surface area (Å²) >= 11 is 1.33. The van der Waals surface area contributed by atoms with Crippen LogP contribution < -0.4 is 5.32 Å². The third-order valence-electron chi connectivity index (χ3n) is 3.70. The molecule has 1 heterocycles. The van der Waals surface area contributed by atoms with E-state index >= 15 is 0 Å². The molecular formula is C16H21NO3S. The summed E-state index contributed by atoms with van der Waals surface area (Å²) < 4.78 is 0. The topological polar surface area (TPSA) is 66.4 Å². The van der Waals surface area contributed by atoms with Crippen molar-refractivity contribution in [1.82, 2.24) is 5.32 Å². The van der Waals surface area contributed by atoms with Crippen LogP contribution in [0.2, 0.25) is 0 Å². The highest BCUT2D eigenvalue weighted by Crippen LogP contribution is 2.34. The third-order valence-corrected chi connectivity index (χ3v) is 4.90. The Bertz CT molecular complexity index is 558. The number of nitrogens with one attached hydrogen (secondary N) is 1. The monoisotopic (exact) mass is 307 g/mol. The van der Waals surface area contributed by atoms with Gasteiger partial charge in [-0.05, 0) is 43.4 Å². The molecule has 1 fully saturated rings. The van der Waals surface area contributed by atoms with Crippen molar-refractivity contribution in [3.05, 3.63) is 27.5 Å². The summed E-state index contributed by atoms with van der Waals surface area (Å²) in [6.07, 6.45) is 7.23. The number of hydrogen-bond donors (Lipinski definition) is 2. The molecule has 1 atom stereocenters. The largest absolute Gasteiger partial charge is 0.478 e. The molecule has 1 aliphatic rings. The molecule has 0 saturated heterocycles. The van der Waals surface area contributed by atoms with E-state index in [-0.39, 0.29) is 11.9 Å². The molecule has 2 N–H and O–H groups in total. The number of rotatable bonds is 7. The molecule has 0 aromatic carbocycles. The number of carboxylic acids is 1. The molecule has 0 aliphatic heterocycles. The van der Waals surface area contributed by atoms with E-state index in [0.29, 0.717) is 4.88 Å². The molecule has 1 unspecified atom stereocenters. The lowest BCUT2D eigenvalue weighted by atomic mass is 10.1. The lowest BCUT2D eigenvalue weighted by Crippen LogP contribution is -2.34. The van der Waals surface area contributed by atoms with Crippen LogP contribution in [0.5, 0.6) is 0 Å². The quantitative estimate of drug-likeness (QED) is 0.758. The lowest BCUT2D eigenvalue weighted by molar-refractivity contribution is -0.131. The highest BCUT2D eigenvalue weighted by molar-refractivity contribution is 7.15. The van der Waals surface area contributed by atoms with Gasteiger partial charge >= 0.3 is 5.97 Å². The fraction of sp³-hybridized carbons (Fsp3) is 0.500. The van der Waals surface area contributed by atoms with Crippen molar-refractivity contribution in [3.63, 3.8) is 0 Å². The van der Waals surface area contributed by atoms with Gasteiger partial charge in [-0.15, -0.1) is 11.3 Å². The van der Waals surface area contributed by atoms with Gasteiger partial charge in [0.05, 0.1) is 4.88 Å². The van der Waals surface area contributed by atoms with E-state index in [4.69, 9.17) is 5.11 Å². The Morgan fingerprint density at radius 3 is 2.81 bits per heavy atom. The van der Waals surface area contributed by atoms with Crippen LogP contribution in [0.25, 0.3) is 6.08 Å². The molecule has 2 rings (SSSR count). The first-order valence-corrected chi connectivity index (χ1v) is 8.13. The molecule has 114 valence electrons. The van der Waals surface area contributed by atoms with Gasteiger partial charge in [-0.25, -0.2) is 4.79 Å². The van der Waals surface area contributed by atoms with Crippen LogP contribution in [0.15, 0.2) is 12.1 Å². The summed E-state index contributed by atoms with van der Waals surface area (Å²) in [5.74, 6) is -0.246. The van der Waals surface area contributed by atoms with Gasteiger partial charge in [-0.2, -0.15) is 0 Å². The zero-order valence-electron chi connectivity index (χ0n) is 12.4. The fourth-order valence-corrected chi connectivity index (χ4v) is 3.24. The molecule has 4 nitrogen and oxygen atoms in total. The molecular weight excluding hydrogens is 286 g/mol. The predicted octanol–water partition coefficient (Wildman–Crippen LogP) is 3.46. The Labute approximate surface area is 128 Å².